The average Bonchev–Trinajstić information content (AvgIpc) is 3.25. The van der Waals surface area contributed by atoms with E-state index in [-0.39, 0.29) is 6.04 Å². The molecule has 0 spiro atoms. The van der Waals surface area contributed by atoms with Crippen molar-refractivity contribution in [1.29, 1.82) is 0 Å². The Labute approximate surface area is 179 Å². The highest BCUT2D eigenvalue weighted by Crippen LogP contribution is 2.29. The molecule has 2 aromatic heterocycles. The number of hydrogen-bond acceptors (Lipinski definition) is 5. The van der Waals surface area contributed by atoms with Gasteiger partial charge >= 0.3 is 0 Å². The van der Waals surface area contributed by atoms with Crippen molar-refractivity contribution in [1.82, 2.24) is 24.4 Å². The Balaban J connectivity index is 1.59. The van der Waals surface area contributed by atoms with Crippen LogP contribution in [0.5, 0.6) is 0 Å². The minimum absolute atomic E-state index is 0.217. The second-order valence-corrected chi connectivity index (χ2v) is 8.65. The SMILES string of the molecule is CC1CCN(c2ncc(-c3cncn3C(CCN(C)C)c3ccccc3)cn2)CC1. The molecule has 1 aliphatic heterocycles. The molecule has 4 rings (SSSR count). The second-order valence-electron chi connectivity index (χ2n) is 8.65. The summed E-state index contributed by atoms with van der Waals surface area (Å²) in [7, 11) is 4.23. The molecule has 1 aliphatic rings. The van der Waals surface area contributed by atoms with Gasteiger partial charge in [-0.1, -0.05) is 37.3 Å². The number of imidazole rings is 1. The van der Waals surface area contributed by atoms with E-state index >= 15 is 0 Å². The Bertz CT molecular complexity index is 910. The third-order valence-corrected chi connectivity index (χ3v) is 6.04. The van der Waals surface area contributed by atoms with Gasteiger partial charge in [-0.3, -0.25) is 0 Å². The van der Waals surface area contributed by atoms with E-state index in [9.17, 15) is 0 Å². The molecule has 6 heteroatoms. The average molecular weight is 405 g/mol. The van der Waals surface area contributed by atoms with E-state index in [1.54, 1.807) is 0 Å². The van der Waals surface area contributed by atoms with Crippen LogP contribution in [0, 0.1) is 5.92 Å². The minimum Gasteiger partial charge on any atom is -0.341 e. The molecule has 0 radical (unpaired) electrons. The van der Waals surface area contributed by atoms with E-state index in [1.807, 2.05) is 24.9 Å². The highest BCUT2D eigenvalue weighted by molar-refractivity contribution is 5.58. The summed E-state index contributed by atoms with van der Waals surface area (Å²) >= 11 is 0. The number of anilines is 1. The van der Waals surface area contributed by atoms with E-state index in [0.717, 1.165) is 49.2 Å². The van der Waals surface area contributed by atoms with Crippen molar-refractivity contribution in [3.63, 3.8) is 0 Å². The molecule has 1 saturated heterocycles. The summed E-state index contributed by atoms with van der Waals surface area (Å²) in [6.45, 7) is 5.40. The zero-order chi connectivity index (χ0) is 20.9. The molecule has 30 heavy (non-hydrogen) atoms. The van der Waals surface area contributed by atoms with Crippen molar-refractivity contribution in [3.05, 3.63) is 60.8 Å². The predicted octanol–water partition coefficient (Wildman–Crippen LogP) is 4.12. The molecule has 1 aromatic carbocycles. The number of benzene rings is 1. The van der Waals surface area contributed by atoms with Gasteiger partial charge in [-0.25, -0.2) is 15.0 Å². The molecular formula is C24H32N6. The summed E-state index contributed by atoms with van der Waals surface area (Å²) in [5.74, 6) is 1.64. The first kappa shape index (κ1) is 20.5. The lowest BCUT2D eigenvalue weighted by Crippen LogP contribution is -2.34. The molecule has 3 aromatic rings. The minimum atomic E-state index is 0.217. The van der Waals surface area contributed by atoms with Gasteiger partial charge in [-0.2, -0.15) is 0 Å². The smallest absolute Gasteiger partial charge is 0.225 e. The normalized spacial score (nSPS) is 16.2. The van der Waals surface area contributed by atoms with Gasteiger partial charge in [0.1, 0.15) is 0 Å². The van der Waals surface area contributed by atoms with Gasteiger partial charge in [-0.05, 0) is 51.4 Å². The highest BCUT2D eigenvalue weighted by Gasteiger charge is 2.20. The van der Waals surface area contributed by atoms with E-state index in [4.69, 9.17) is 9.97 Å². The molecule has 3 heterocycles. The first-order valence-corrected chi connectivity index (χ1v) is 10.9. The molecule has 1 fully saturated rings. The number of rotatable bonds is 7. The van der Waals surface area contributed by atoms with Crippen molar-refractivity contribution < 1.29 is 0 Å². The van der Waals surface area contributed by atoms with Gasteiger partial charge in [0.25, 0.3) is 0 Å². The first-order valence-electron chi connectivity index (χ1n) is 10.9. The summed E-state index contributed by atoms with van der Waals surface area (Å²) in [5, 5.41) is 0. The fraction of sp³-hybridized carbons (Fsp3) is 0.458. The third-order valence-electron chi connectivity index (χ3n) is 6.04. The van der Waals surface area contributed by atoms with Crippen molar-refractivity contribution in [2.24, 2.45) is 5.92 Å². The zero-order valence-corrected chi connectivity index (χ0v) is 18.3. The molecule has 0 N–H and O–H groups in total. The monoisotopic (exact) mass is 404 g/mol. The zero-order valence-electron chi connectivity index (χ0n) is 18.3. The van der Waals surface area contributed by atoms with Crippen molar-refractivity contribution in [2.75, 3.05) is 38.6 Å². The van der Waals surface area contributed by atoms with Gasteiger partial charge in [-0.15, -0.1) is 0 Å². The number of aromatic nitrogens is 4. The van der Waals surface area contributed by atoms with Crippen molar-refractivity contribution in [3.8, 4) is 11.3 Å². The van der Waals surface area contributed by atoms with Crippen LogP contribution in [-0.2, 0) is 0 Å². The molecule has 158 valence electrons. The Kier molecular flexibility index (Phi) is 6.43. The van der Waals surface area contributed by atoms with E-state index in [0.29, 0.717) is 0 Å². The number of piperidine rings is 1. The quantitative estimate of drug-likeness (QED) is 0.593. The van der Waals surface area contributed by atoms with E-state index in [1.165, 1.54) is 18.4 Å². The molecule has 0 bridgehead atoms. The summed E-state index contributed by atoms with van der Waals surface area (Å²) < 4.78 is 2.26. The molecule has 6 nitrogen and oxygen atoms in total. The molecule has 0 amide bonds. The molecule has 0 saturated carbocycles. The van der Waals surface area contributed by atoms with E-state index < -0.39 is 0 Å². The van der Waals surface area contributed by atoms with Crippen LogP contribution in [0.2, 0.25) is 0 Å². The fourth-order valence-electron chi connectivity index (χ4n) is 4.12. The van der Waals surface area contributed by atoms with Crippen LogP contribution < -0.4 is 4.90 Å². The summed E-state index contributed by atoms with van der Waals surface area (Å²) in [5.41, 5.74) is 3.35. The molecule has 1 atom stereocenters. The van der Waals surface area contributed by atoms with Gasteiger partial charge in [0.15, 0.2) is 0 Å². The maximum atomic E-state index is 4.70. The maximum absolute atomic E-state index is 4.70. The summed E-state index contributed by atoms with van der Waals surface area (Å²) in [6, 6.07) is 10.9. The van der Waals surface area contributed by atoms with Gasteiger partial charge in [0.05, 0.1) is 24.3 Å². The fourth-order valence-corrected chi connectivity index (χ4v) is 4.12. The highest BCUT2D eigenvalue weighted by atomic mass is 15.2. The molecule has 1 unspecified atom stereocenters. The van der Waals surface area contributed by atoms with Crippen LogP contribution in [0.3, 0.4) is 0 Å². The third kappa shape index (κ3) is 4.70. The largest absolute Gasteiger partial charge is 0.341 e. The van der Waals surface area contributed by atoms with Crippen molar-refractivity contribution in [2.45, 2.75) is 32.2 Å². The lowest BCUT2D eigenvalue weighted by atomic mass is 10.00. The van der Waals surface area contributed by atoms with Crippen LogP contribution in [-0.4, -0.2) is 58.1 Å². The van der Waals surface area contributed by atoms with E-state index in [2.05, 4.69) is 70.7 Å². The van der Waals surface area contributed by atoms with Crippen LogP contribution in [0.15, 0.2) is 55.2 Å². The lowest BCUT2D eigenvalue weighted by Gasteiger charge is -2.30. The first-order chi connectivity index (χ1) is 14.6. The number of nitrogens with zero attached hydrogens (tertiary/aromatic N) is 6. The van der Waals surface area contributed by atoms with Crippen LogP contribution in [0.4, 0.5) is 5.95 Å². The lowest BCUT2D eigenvalue weighted by molar-refractivity contribution is 0.367. The standard InChI is InChI=1S/C24H32N6/c1-19-9-13-29(14-10-19)24-26-15-21(16-27-24)23-17-25-18-30(23)22(11-12-28(2)3)20-7-5-4-6-8-20/h4-8,15-19,22H,9-14H2,1-3H3. The van der Waals surface area contributed by atoms with Crippen LogP contribution in [0.1, 0.15) is 37.8 Å². The Morgan fingerprint density at radius 2 is 1.73 bits per heavy atom. The Hall–Kier alpha value is -2.73. The maximum Gasteiger partial charge on any atom is 0.225 e. The molecular weight excluding hydrogens is 372 g/mol. The predicted molar refractivity (Wildman–Crippen MR) is 122 cm³/mol. The van der Waals surface area contributed by atoms with Gasteiger partial charge in [0, 0.05) is 31.0 Å². The summed E-state index contributed by atoms with van der Waals surface area (Å²) in [4.78, 5) is 18.4. The van der Waals surface area contributed by atoms with Gasteiger partial charge < -0.3 is 14.4 Å². The van der Waals surface area contributed by atoms with Crippen LogP contribution in [0.25, 0.3) is 11.3 Å². The Morgan fingerprint density at radius 1 is 1.03 bits per heavy atom. The van der Waals surface area contributed by atoms with Crippen LogP contribution >= 0.6 is 0 Å². The van der Waals surface area contributed by atoms with Crippen molar-refractivity contribution >= 4 is 5.95 Å². The molecule has 0 aliphatic carbocycles. The Morgan fingerprint density at radius 3 is 2.40 bits per heavy atom. The topological polar surface area (TPSA) is 50.1 Å². The summed E-state index contributed by atoms with van der Waals surface area (Å²) in [6.07, 6.45) is 11.2. The number of hydrogen-bond donors (Lipinski definition) is 0. The van der Waals surface area contributed by atoms with Gasteiger partial charge in [0.2, 0.25) is 5.95 Å². The second kappa shape index (κ2) is 9.39.